The van der Waals surface area contributed by atoms with Crippen LogP contribution in [-0.4, -0.2) is 26.1 Å². The van der Waals surface area contributed by atoms with Crippen molar-refractivity contribution in [2.45, 2.75) is 46.6 Å². The smallest absolute Gasteiger partial charge is 0.268 e. The quantitative estimate of drug-likeness (QED) is 0.505. The van der Waals surface area contributed by atoms with Crippen LogP contribution >= 0.6 is 0 Å². The van der Waals surface area contributed by atoms with Crippen LogP contribution < -0.4 is 5.32 Å². The number of aromatic nitrogens is 2. The molecule has 1 aliphatic rings. The molecule has 1 aliphatic carbocycles. The Morgan fingerprint density at radius 2 is 2.00 bits per heavy atom. The van der Waals surface area contributed by atoms with Crippen molar-refractivity contribution in [2.24, 2.45) is 11.3 Å². The number of phenolic OH excluding ortho intramolecular Hbond substituents is 2. The van der Waals surface area contributed by atoms with Gasteiger partial charge in [-0.1, -0.05) is 26.8 Å². The molecule has 3 aromatic rings. The van der Waals surface area contributed by atoms with Gasteiger partial charge in [-0.05, 0) is 66.0 Å². The molecule has 0 radical (unpaired) electrons. The number of nitrogens with zero attached hydrogens (tertiary/aromatic N) is 1. The van der Waals surface area contributed by atoms with Gasteiger partial charge in [-0.25, -0.2) is 0 Å². The number of rotatable bonds is 3. The first-order chi connectivity index (χ1) is 13.7. The van der Waals surface area contributed by atoms with E-state index in [-0.39, 0.29) is 29.4 Å². The van der Waals surface area contributed by atoms with Crippen molar-refractivity contribution in [1.82, 2.24) is 15.3 Å². The number of pyridine rings is 1. The number of phenols is 2. The van der Waals surface area contributed by atoms with E-state index < -0.39 is 0 Å². The van der Waals surface area contributed by atoms with Crippen molar-refractivity contribution < 1.29 is 15.0 Å². The maximum absolute atomic E-state index is 12.6. The molecule has 0 aliphatic heterocycles. The van der Waals surface area contributed by atoms with Crippen LogP contribution in [0.25, 0.3) is 11.0 Å². The van der Waals surface area contributed by atoms with Crippen LogP contribution in [0.5, 0.6) is 11.5 Å². The lowest BCUT2D eigenvalue weighted by Gasteiger charge is -2.34. The number of carbonyl (C=O) groups is 1. The van der Waals surface area contributed by atoms with E-state index in [4.69, 9.17) is 4.98 Å². The van der Waals surface area contributed by atoms with E-state index in [1.54, 1.807) is 12.1 Å². The van der Waals surface area contributed by atoms with E-state index in [0.29, 0.717) is 17.2 Å². The number of aromatic amines is 1. The van der Waals surface area contributed by atoms with Crippen molar-refractivity contribution in [2.75, 3.05) is 0 Å². The maximum Gasteiger partial charge on any atom is 0.268 e. The van der Waals surface area contributed by atoms with Crippen molar-refractivity contribution in [3.8, 4) is 11.5 Å². The molecule has 0 bridgehead atoms. The number of hydrogen-bond acceptors (Lipinski definition) is 4. The Morgan fingerprint density at radius 1 is 1.21 bits per heavy atom. The lowest BCUT2D eigenvalue weighted by atomic mass is 9.71. The van der Waals surface area contributed by atoms with Crippen LogP contribution in [-0.2, 0) is 19.4 Å². The Labute approximate surface area is 170 Å². The number of aryl methyl sites for hydroxylation is 1. The van der Waals surface area contributed by atoms with Gasteiger partial charge in [-0.3, -0.25) is 9.78 Å². The molecule has 0 saturated heterocycles. The zero-order chi connectivity index (χ0) is 20.8. The largest absolute Gasteiger partial charge is 0.504 e. The van der Waals surface area contributed by atoms with Crippen LogP contribution in [0, 0.1) is 11.3 Å². The van der Waals surface area contributed by atoms with Crippen molar-refractivity contribution in [1.29, 1.82) is 0 Å². The first-order valence-electron chi connectivity index (χ1n) is 10.0. The molecule has 0 spiro atoms. The van der Waals surface area contributed by atoms with Crippen molar-refractivity contribution in [3.05, 3.63) is 52.8 Å². The van der Waals surface area contributed by atoms with Gasteiger partial charge < -0.3 is 20.5 Å². The monoisotopic (exact) mass is 393 g/mol. The highest BCUT2D eigenvalue weighted by Crippen LogP contribution is 2.37. The predicted molar refractivity (Wildman–Crippen MR) is 112 cm³/mol. The topological polar surface area (TPSA) is 98.2 Å². The summed E-state index contributed by atoms with van der Waals surface area (Å²) < 4.78 is 0. The number of carbonyl (C=O) groups excluding carboxylic acids is 1. The molecular formula is C23H27N3O3. The van der Waals surface area contributed by atoms with Crippen molar-refractivity contribution >= 4 is 16.9 Å². The summed E-state index contributed by atoms with van der Waals surface area (Å²) in [5, 5.41) is 21.8. The maximum atomic E-state index is 12.6. The number of fused-ring (bicyclic) bond motifs is 2. The number of nitrogens with one attached hydrogen (secondary N) is 2. The third-order valence-corrected chi connectivity index (χ3v) is 5.93. The molecule has 1 amide bonds. The summed E-state index contributed by atoms with van der Waals surface area (Å²) in [7, 11) is 0. The number of hydrogen-bond donors (Lipinski definition) is 4. The van der Waals surface area contributed by atoms with Gasteiger partial charge in [0.15, 0.2) is 11.5 Å². The molecule has 0 saturated carbocycles. The van der Waals surface area contributed by atoms with Gasteiger partial charge in [0.05, 0.1) is 11.0 Å². The second kappa shape index (κ2) is 7.10. The summed E-state index contributed by atoms with van der Waals surface area (Å²) >= 11 is 0. The molecule has 2 aromatic heterocycles. The third-order valence-electron chi connectivity index (χ3n) is 5.93. The molecule has 6 heteroatoms. The first kappa shape index (κ1) is 19.3. The zero-order valence-electron chi connectivity index (χ0n) is 17.0. The molecule has 152 valence electrons. The molecule has 2 heterocycles. The highest BCUT2D eigenvalue weighted by Gasteiger charge is 2.29. The molecule has 0 fully saturated rings. The summed E-state index contributed by atoms with van der Waals surface area (Å²) in [6, 6.07) is 8.42. The second-order valence-electron chi connectivity index (χ2n) is 9.02. The van der Waals surface area contributed by atoms with E-state index in [1.165, 1.54) is 17.7 Å². The highest BCUT2D eigenvalue weighted by molar-refractivity contribution is 5.97. The minimum Gasteiger partial charge on any atom is -0.504 e. The highest BCUT2D eigenvalue weighted by atomic mass is 16.3. The Hall–Kier alpha value is -3.02. The lowest BCUT2D eigenvalue weighted by molar-refractivity contribution is 0.0946. The second-order valence-corrected chi connectivity index (χ2v) is 9.02. The summed E-state index contributed by atoms with van der Waals surface area (Å²) in [6.45, 7) is 7.12. The zero-order valence-corrected chi connectivity index (χ0v) is 17.0. The molecule has 1 unspecified atom stereocenters. The van der Waals surface area contributed by atoms with Gasteiger partial charge in [0.2, 0.25) is 0 Å². The minimum atomic E-state index is -0.235. The first-order valence-corrected chi connectivity index (χ1v) is 10.0. The van der Waals surface area contributed by atoms with Crippen LogP contribution in [0.4, 0.5) is 0 Å². The molecule has 4 N–H and O–H groups in total. The number of H-pyrrole nitrogens is 1. The van der Waals surface area contributed by atoms with E-state index in [9.17, 15) is 15.0 Å². The molecule has 1 atom stereocenters. The fourth-order valence-corrected chi connectivity index (χ4v) is 4.03. The molecule has 29 heavy (non-hydrogen) atoms. The third kappa shape index (κ3) is 3.92. The average Bonchev–Trinajstić information content (AvgIpc) is 3.08. The predicted octanol–water partition coefficient (Wildman–Crippen LogP) is 4.06. The Morgan fingerprint density at radius 3 is 2.72 bits per heavy atom. The van der Waals surface area contributed by atoms with Crippen LogP contribution in [0.15, 0.2) is 30.3 Å². The van der Waals surface area contributed by atoms with E-state index in [0.717, 1.165) is 36.0 Å². The SMILES string of the molecule is CC(C)(C)C1CCc2nc3cc(C(=O)NCc4ccc(O)c(O)c4)[nH]c3cc2C1. The molecule has 4 rings (SSSR count). The molecule has 6 nitrogen and oxygen atoms in total. The Balaban J connectivity index is 1.51. The Kier molecular flexibility index (Phi) is 4.73. The fourth-order valence-electron chi connectivity index (χ4n) is 4.03. The van der Waals surface area contributed by atoms with Crippen LogP contribution in [0.2, 0.25) is 0 Å². The average molecular weight is 393 g/mol. The van der Waals surface area contributed by atoms with Gasteiger partial charge in [-0.15, -0.1) is 0 Å². The van der Waals surface area contributed by atoms with Gasteiger partial charge in [0, 0.05) is 12.2 Å². The normalized spacial score (nSPS) is 16.6. The minimum absolute atomic E-state index is 0.181. The summed E-state index contributed by atoms with van der Waals surface area (Å²) in [4.78, 5) is 20.6. The number of benzene rings is 1. The van der Waals surface area contributed by atoms with Gasteiger partial charge in [-0.2, -0.15) is 0 Å². The number of amides is 1. The van der Waals surface area contributed by atoms with Crippen molar-refractivity contribution in [3.63, 3.8) is 0 Å². The van der Waals surface area contributed by atoms with E-state index >= 15 is 0 Å². The fraction of sp³-hybridized carbons (Fsp3) is 0.391. The Bertz CT molecular complexity index is 1080. The molecular weight excluding hydrogens is 366 g/mol. The summed E-state index contributed by atoms with van der Waals surface area (Å²) in [5.41, 5.74) is 5.55. The van der Waals surface area contributed by atoms with Gasteiger partial charge >= 0.3 is 0 Å². The van der Waals surface area contributed by atoms with E-state index in [1.807, 2.05) is 0 Å². The van der Waals surface area contributed by atoms with E-state index in [2.05, 4.69) is 37.1 Å². The lowest BCUT2D eigenvalue weighted by Crippen LogP contribution is -2.27. The van der Waals surface area contributed by atoms with Crippen LogP contribution in [0.1, 0.15) is 54.5 Å². The molecule has 1 aromatic carbocycles. The van der Waals surface area contributed by atoms with Gasteiger partial charge in [0.25, 0.3) is 5.91 Å². The standard InChI is InChI=1S/C23H27N3O3/c1-23(2,3)15-5-6-16-14(9-15)10-17-18(25-16)11-19(26-17)22(29)24-12-13-4-7-20(27)21(28)8-13/h4,7-8,10-11,15,26-28H,5-6,9,12H2,1-3H3,(H,24,29). The van der Waals surface area contributed by atoms with Gasteiger partial charge in [0.1, 0.15) is 5.69 Å². The number of aromatic hydroxyl groups is 2. The summed E-state index contributed by atoms with van der Waals surface area (Å²) in [5.74, 6) is 0.0138. The van der Waals surface area contributed by atoms with Crippen LogP contribution in [0.3, 0.4) is 0 Å². The summed E-state index contributed by atoms with van der Waals surface area (Å²) in [6.07, 6.45) is 3.14.